The van der Waals surface area contributed by atoms with Gasteiger partial charge in [0.2, 0.25) is 5.79 Å². The summed E-state index contributed by atoms with van der Waals surface area (Å²) in [5, 5.41) is 0.911. The summed E-state index contributed by atoms with van der Waals surface area (Å²) in [6.07, 6.45) is 0. The molecule has 0 N–H and O–H groups in total. The molecule has 1 aromatic rings. The Kier molecular flexibility index (Phi) is 4.14. The molecule has 3 rings (SSSR count). The molecular weight excluding hydrogens is 398 g/mol. The van der Waals surface area contributed by atoms with Gasteiger partial charge in [-0.1, -0.05) is 69.5 Å². The molecule has 0 spiro atoms. The van der Waals surface area contributed by atoms with Gasteiger partial charge in [-0.15, -0.1) is 11.6 Å². The molecule has 0 amide bonds. The number of ether oxygens (including phenoxy) is 2. The quantitative estimate of drug-likeness (QED) is 0.523. The van der Waals surface area contributed by atoms with Gasteiger partial charge in [0.05, 0.1) is 15.8 Å². The highest BCUT2D eigenvalue weighted by atomic mass is 79.9. The maximum Gasteiger partial charge on any atom is 0.201 e. The first-order valence-corrected chi connectivity index (χ1v) is 8.54. The summed E-state index contributed by atoms with van der Waals surface area (Å²) in [6.45, 7) is 0. The van der Waals surface area contributed by atoms with E-state index < -0.39 is 10.7 Å². The van der Waals surface area contributed by atoms with E-state index in [1.165, 1.54) is 0 Å². The van der Waals surface area contributed by atoms with Crippen LogP contribution in [0.25, 0.3) is 0 Å². The Morgan fingerprint density at radius 1 is 1.10 bits per heavy atom. The minimum Gasteiger partial charge on any atom is -0.351 e. The lowest BCUT2D eigenvalue weighted by atomic mass is 9.86. The van der Waals surface area contributed by atoms with E-state index in [1.807, 2.05) is 30.3 Å². The Morgan fingerprint density at radius 2 is 1.67 bits per heavy atom. The van der Waals surface area contributed by atoms with Crippen molar-refractivity contribution < 1.29 is 9.47 Å². The Morgan fingerprint density at radius 3 is 2.14 bits per heavy atom. The standard InChI is InChI=1S/C15H14BrCl3O2/c1-20-15(21-2)10-9(8-6-4-3-5-7-8)12(16)14(15,19)13(18)11(10)17/h3-7,9-10,12H,1-2H3/t9-,10-,12+,14+/m1/s1. The van der Waals surface area contributed by atoms with E-state index >= 15 is 0 Å². The zero-order valence-electron chi connectivity index (χ0n) is 11.4. The van der Waals surface area contributed by atoms with Crippen molar-refractivity contribution in [3.63, 3.8) is 0 Å². The molecule has 2 nitrogen and oxygen atoms in total. The van der Waals surface area contributed by atoms with Crippen LogP contribution >= 0.6 is 50.7 Å². The molecular formula is C15H14BrCl3O2. The molecule has 1 fully saturated rings. The fourth-order valence-electron chi connectivity index (χ4n) is 3.65. The van der Waals surface area contributed by atoms with Crippen molar-refractivity contribution in [3.05, 3.63) is 46.0 Å². The fraction of sp³-hybridized carbons (Fsp3) is 0.467. The van der Waals surface area contributed by atoms with Gasteiger partial charge in [0, 0.05) is 25.2 Å². The Labute approximate surface area is 147 Å². The van der Waals surface area contributed by atoms with Gasteiger partial charge in [0.15, 0.2) is 0 Å². The maximum atomic E-state index is 6.89. The molecule has 114 valence electrons. The second kappa shape index (κ2) is 5.40. The minimum absolute atomic E-state index is 0.0126. The van der Waals surface area contributed by atoms with E-state index in [4.69, 9.17) is 44.3 Å². The van der Waals surface area contributed by atoms with Gasteiger partial charge in [-0.05, 0) is 5.56 Å². The van der Waals surface area contributed by atoms with E-state index in [0.717, 1.165) is 5.56 Å². The average molecular weight is 413 g/mol. The van der Waals surface area contributed by atoms with Crippen molar-refractivity contribution in [1.29, 1.82) is 0 Å². The topological polar surface area (TPSA) is 18.5 Å². The third-order valence-electron chi connectivity index (χ3n) is 4.56. The molecule has 2 aliphatic carbocycles. The van der Waals surface area contributed by atoms with Crippen LogP contribution in [0.2, 0.25) is 0 Å². The molecule has 2 bridgehead atoms. The van der Waals surface area contributed by atoms with Gasteiger partial charge in [-0.25, -0.2) is 0 Å². The lowest BCUT2D eigenvalue weighted by Crippen LogP contribution is -2.52. The molecule has 0 aromatic heterocycles. The van der Waals surface area contributed by atoms with Crippen LogP contribution in [0, 0.1) is 5.92 Å². The van der Waals surface area contributed by atoms with Crippen molar-refractivity contribution in [2.75, 3.05) is 14.2 Å². The third-order valence-corrected chi connectivity index (χ3v) is 7.89. The number of benzene rings is 1. The van der Waals surface area contributed by atoms with Crippen LogP contribution < -0.4 is 0 Å². The van der Waals surface area contributed by atoms with Crippen LogP contribution in [0.5, 0.6) is 0 Å². The van der Waals surface area contributed by atoms with E-state index in [-0.39, 0.29) is 16.7 Å². The van der Waals surface area contributed by atoms with Crippen molar-refractivity contribution >= 4 is 50.7 Å². The number of hydrogen-bond acceptors (Lipinski definition) is 2. The smallest absolute Gasteiger partial charge is 0.201 e. The average Bonchev–Trinajstić information content (AvgIpc) is 2.82. The predicted octanol–water partition coefficient (Wildman–Crippen LogP) is 4.83. The first-order chi connectivity index (χ1) is 9.95. The van der Waals surface area contributed by atoms with Crippen molar-refractivity contribution in [1.82, 2.24) is 0 Å². The number of halogens is 4. The molecule has 4 atom stereocenters. The first kappa shape index (κ1) is 16.1. The van der Waals surface area contributed by atoms with E-state index in [2.05, 4.69) is 15.9 Å². The molecule has 1 saturated carbocycles. The third kappa shape index (κ3) is 1.79. The van der Waals surface area contributed by atoms with E-state index in [1.54, 1.807) is 14.2 Å². The molecule has 0 unspecified atom stereocenters. The van der Waals surface area contributed by atoms with Gasteiger partial charge in [0.25, 0.3) is 0 Å². The molecule has 0 heterocycles. The summed E-state index contributed by atoms with van der Waals surface area (Å²) < 4.78 is 11.4. The summed E-state index contributed by atoms with van der Waals surface area (Å²) in [4.78, 5) is -1.21. The summed E-state index contributed by atoms with van der Waals surface area (Å²) in [5.74, 6) is -1.33. The largest absolute Gasteiger partial charge is 0.351 e. The Bertz CT molecular complexity index is 588. The number of methoxy groups -OCH3 is 2. The van der Waals surface area contributed by atoms with Crippen molar-refractivity contribution in [2.45, 2.75) is 21.4 Å². The van der Waals surface area contributed by atoms with Crippen LogP contribution in [0.15, 0.2) is 40.4 Å². The number of hydrogen-bond donors (Lipinski definition) is 0. The highest BCUT2D eigenvalue weighted by Gasteiger charge is 2.77. The lowest BCUT2D eigenvalue weighted by molar-refractivity contribution is -0.224. The molecule has 1 aromatic carbocycles. The van der Waals surface area contributed by atoms with Gasteiger partial charge in [-0.3, -0.25) is 0 Å². The number of fused-ring (bicyclic) bond motifs is 2. The van der Waals surface area contributed by atoms with Crippen molar-refractivity contribution in [3.8, 4) is 0 Å². The summed E-state index contributed by atoms with van der Waals surface area (Å²) >= 11 is 23.5. The van der Waals surface area contributed by atoms with Crippen LogP contribution in [0.4, 0.5) is 0 Å². The minimum atomic E-state index is -1.09. The van der Waals surface area contributed by atoms with Gasteiger partial charge >= 0.3 is 0 Å². The highest BCUT2D eigenvalue weighted by molar-refractivity contribution is 9.09. The van der Waals surface area contributed by atoms with E-state index in [0.29, 0.717) is 10.1 Å². The maximum absolute atomic E-state index is 6.89. The monoisotopic (exact) mass is 410 g/mol. The first-order valence-electron chi connectivity index (χ1n) is 6.49. The zero-order chi connectivity index (χ0) is 15.4. The SMILES string of the molecule is COC1(OC)[C@H]2C(Cl)=C(Cl)[C@@]1(Cl)[C@@H](Br)[C@@H]2c1ccccc1. The second-order valence-corrected chi connectivity index (χ2v) is 7.63. The fourth-order valence-corrected chi connectivity index (χ4v) is 6.29. The van der Waals surface area contributed by atoms with Gasteiger partial charge in [-0.2, -0.15) is 0 Å². The molecule has 0 radical (unpaired) electrons. The zero-order valence-corrected chi connectivity index (χ0v) is 15.3. The Hall–Kier alpha value is 0.230. The Balaban J connectivity index is 2.21. The van der Waals surface area contributed by atoms with Crippen LogP contribution in [-0.2, 0) is 9.47 Å². The number of alkyl halides is 2. The van der Waals surface area contributed by atoms with Gasteiger partial charge < -0.3 is 9.47 Å². The number of rotatable bonds is 3. The highest BCUT2D eigenvalue weighted by Crippen LogP contribution is 2.71. The van der Waals surface area contributed by atoms with Gasteiger partial charge in [0.1, 0.15) is 4.87 Å². The second-order valence-electron chi connectivity index (χ2n) is 5.27. The molecule has 2 aliphatic rings. The summed E-state index contributed by atoms with van der Waals surface area (Å²) in [7, 11) is 3.14. The molecule has 0 saturated heterocycles. The summed E-state index contributed by atoms with van der Waals surface area (Å²) in [5.41, 5.74) is 1.12. The molecule has 21 heavy (non-hydrogen) atoms. The van der Waals surface area contributed by atoms with Crippen LogP contribution in [0.1, 0.15) is 11.5 Å². The van der Waals surface area contributed by atoms with Crippen LogP contribution in [-0.4, -0.2) is 29.7 Å². The summed E-state index contributed by atoms with van der Waals surface area (Å²) in [6, 6.07) is 10.0. The lowest BCUT2D eigenvalue weighted by Gasteiger charge is -2.38. The van der Waals surface area contributed by atoms with Crippen LogP contribution in [0.3, 0.4) is 0 Å². The normalized spacial score (nSPS) is 37.3. The molecule has 6 heteroatoms. The van der Waals surface area contributed by atoms with Crippen molar-refractivity contribution in [2.24, 2.45) is 5.92 Å². The molecule has 0 aliphatic heterocycles. The predicted molar refractivity (Wildman–Crippen MR) is 89.5 cm³/mol. The van der Waals surface area contributed by atoms with E-state index in [9.17, 15) is 0 Å².